The maximum atomic E-state index is 12.3. The van der Waals surface area contributed by atoms with Gasteiger partial charge in [-0.15, -0.1) is 24.0 Å². The van der Waals surface area contributed by atoms with Gasteiger partial charge in [0.15, 0.2) is 5.96 Å². The first-order chi connectivity index (χ1) is 13.8. The van der Waals surface area contributed by atoms with Crippen molar-refractivity contribution in [2.24, 2.45) is 12.0 Å². The van der Waals surface area contributed by atoms with Crippen molar-refractivity contribution < 1.29 is 8.42 Å². The molecule has 1 aliphatic rings. The average Bonchev–Trinajstić information content (AvgIpc) is 3.41. The Balaban J connectivity index is 0.00000320. The standard InChI is InChI=1S/C20H28ClN5O2S.HI/c1-4-22-20(26(3)14-18-11-16(21)13-25(18)2)23-12-15-5-9-19(10-6-15)29(27,28)24-17-7-8-17;/h5-6,9-11,13,17,24H,4,7-8,12,14H2,1-3H3,(H,22,23);1H. The number of hydrogen-bond acceptors (Lipinski definition) is 3. The number of aryl methyl sites for hydroxylation is 1. The number of benzene rings is 1. The van der Waals surface area contributed by atoms with Crippen LogP contribution in [0.25, 0.3) is 0 Å². The van der Waals surface area contributed by atoms with Gasteiger partial charge in [-0.3, -0.25) is 0 Å². The summed E-state index contributed by atoms with van der Waals surface area (Å²) < 4.78 is 29.2. The molecule has 2 aromatic rings. The second-order valence-corrected chi connectivity index (χ2v) is 9.48. The van der Waals surface area contributed by atoms with Crippen LogP contribution in [0.4, 0.5) is 0 Å². The van der Waals surface area contributed by atoms with Crippen LogP contribution in [0.1, 0.15) is 31.0 Å². The van der Waals surface area contributed by atoms with Crippen LogP contribution < -0.4 is 10.0 Å². The van der Waals surface area contributed by atoms with E-state index in [-0.39, 0.29) is 30.0 Å². The summed E-state index contributed by atoms with van der Waals surface area (Å²) in [5.41, 5.74) is 2.03. The lowest BCUT2D eigenvalue weighted by Gasteiger charge is -2.22. The smallest absolute Gasteiger partial charge is 0.240 e. The fraction of sp³-hybridized carbons (Fsp3) is 0.450. The monoisotopic (exact) mass is 565 g/mol. The number of aliphatic imine (C=N–C) groups is 1. The molecule has 0 saturated heterocycles. The van der Waals surface area contributed by atoms with Crippen molar-refractivity contribution in [3.05, 3.63) is 52.8 Å². The van der Waals surface area contributed by atoms with E-state index in [0.29, 0.717) is 23.0 Å². The molecular weight excluding hydrogens is 537 g/mol. The number of nitrogens with one attached hydrogen (secondary N) is 2. The predicted octanol–water partition coefficient (Wildman–Crippen LogP) is 3.33. The van der Waals surface area contributed by atoms with Crippen LogP contribution in [0.2, 0.25) is 5.02 Å². The Kier molecular flexibility index (Phi) is 9.01. The number of nitrogens with zero attached hydrogens (tertiary/aromatic N) is 3. The minimum atomic E-state index is -3.42. The molecule has 1 saturated carbocycles. The molecule has 1 fully saturated rings. The molecule has 0 atom stereocenters. The Hall–Kier alpha value is -1.30. The lowest BCUT2D eigenvalue weighted by molar-refractivity contribution is 0.462. The molecule has 0 aliphatic heterocycles. The minimum absolute atomic E-state index is 0. The van der Waals surface area contributed by atoms with E-state index in [4.69, 9.17) is 16.6 Å². The molecule has 7 nitrogen and oxygen atoms in total. The summed E-state index contributed by atoms with van der Waals surface area (Å²) in [6.07, 6.45) is 3.71. The molecule has 0 spiro atoms. The van der Waals surface area contributed by atoms with Gasteiger partial charge in [-0.05, 0) is 43.5 Å². The van der Waals surface area contributed by atoms with Gasteiger partial charge in [0.2, 0.25) is 10.0 Å². The van der Waals surface area contributed by atoms with Crippen molar-refractivity contribution in [3.8, 4) is 0 Å². The van der Waals surface area contributed by atoms with Crippen molar-refractivity contribution in [1.82, 2.24) is 19.5 Å². The zero-order chi connectivity index (χ0) is 21.0. The average molecular weight is 566 g/mol. The first kappa shape index (κ1) is 25.0. The van der Waals surface area contributed by atoms with E-state index in [0.717, 1.165) is 36.6 Å². The number of guanidine groups is 1. The van der Waals surface area contributed by atoms with Crippen molar-refractivity contribution in [2.75, 3.05) is 13.6 Å². The summed E-state index contributed by atoms with van der Waals surface area (Å²) in [6, 6.07) is 8.94. The molecule has 10 heteroatoms. The molecule has 30 heavy (non-hydrogen) atoms. The Morgan fingerprint density at radius 1 is 1.30 bits per heavy atom. The molecule has 1 heterocycles. The molecule has 0 amide bonds. The van der Waals surface area contributed by atoms with Crippen LogP contribution in [0.5, 0.6) is 0 Å². The zero-order valence-electron chi connectivity index (χ0n) is 17.4. The first-order valence-corrected chi connectivity index (χ1v) is 11.6. The van der Waals surface area contributed by atoms with Gasteiger partial charge in [0, 0.05) is 38.6 Å². The Bertz CT molecular complexity index is 972. The summed E-state index contributed by atoms with van der Waals surface area (Å²) in [5.74, 6) is 0.775. The topological polar surface area (TPSA) is 78.7 Å². The predicted molar refractivity (Wildman–Crippen MR) is 132 cm³/mol. The summed E-state index contributed by atoms with van der Waals surface area (Å²) in [6.45, 7) is 3.90. The third-order valence-electron chi connectivity index (χ3n) is 4.71. The van der Waals surface area contributed by atoms with E-state index < -0.39 is 10.0 Å². The van der Waals surface area contributed by atoms with E-state index in [2.05, 4.69) is 10.0 Å². The fourth-order valence-corrected chi connectivity index (χ4v) is 4.52. The van der Waals surface area contributed by atoms with Gasteiger partial charge in [0.05, 0.1) is 23.0 Å². The summed E-state index contributed by atoms with van der Waals surface area (Å²) >= 11 is 6.07. The van der Waals surface area contributed by atoms with Crippen molar-refractivity contribution in [2.45, 2.75) is 43.8 Å². The Labute approximate surface area is 201 Å². The van der Waals surface area contributed by atoms with Gasteiger partial charge in [-0.2, -0.15) is 0 Å². The molecule has 0 bridgehead atoms. The largest absolute Gasteiger partial charge is 0.357 e. The highest BCUT2D eigenvalue weighted by atomic mass is 127. The maximum absolute atomic E-state index is 12.3. The summed E-state index contributed by atoms with van der Waals surface area (Å²) in [5, 5.41) is 4.00. The molecule has 166 valence electrons. The third-order valence-corrected chi connectivity index (χ3v) is 6.46. The van der Waals surface area contributed by atoms with Crippen molar-refractivity contribution in [3.63, 3.8) is 0 Å². The molecule has 1 aliphatic carbocycles. The quantitative estimate of drug-likeness (QED) is 0.292. The van der Waals surface area contributed by atoms with Gasteiger partial charge in [0.25, 0.3) is 0 Å². The molecule has 3 rings (SSSR count). The van der Waals surface area contributed by atoms with Gasteiger partial charge in [-0.1, -0.05) is 23.7 Å². The molecular formula is C20H29ClIN5O2S. The van der Waals surface area contributed by atoms with Gasteiger partial charge < -0.3 is 14.8 Å². The maximum Gasteiger partial charge on any atom is 0.240 e. The van der Waals surface area contributed by atoms with Crippen LogP contribution in [0.3, 0.4) is 0 Å². The molecule has 1 aromatic carbocycles. The first-order valence-electron chi connectivity index (χ1n) is 9.70. The van der Waals surface area contributed by atoms with Gasteiger partial charge in [0.1, 0.15) is 0 Å². The van der Waals surface area contributed by atoms with Crippen LogP contribution in [0.15, 0.2) is 46.4 Å². The molecule has 1 aromatic heterocycles. The van der Waals surface area contributed by atoms with E-state index in [9.17, 15) is 8.42 Å². The van der Waals surface area contributed by atoms with Crippen LogP contribution in [-0.4, -0.2) is 43.5 Å². The minimum Gasteiger partial charge on any atom is -0.357 e. The second kappa shape index (κ2) is 10.8. The fourth-order valence-electron chi connectivity index (χ4n) is 2.94. The number of aromatic nitrogens is 1. The zero-order valence-corrected chi connectivity index (χ0v) is 21.3. The van der Waals surface area contributed by atoms with Crippen molar-refractivity contribution >= 4 is 51.6 Å². The van der Waals surface area contributed by atoms with Crippen LogP contribution >= 0.6 is 35.6 Å². The lowest BCUT2D eigenvalue weighted by Crippen LogP contribution is -2.38. The molecule has 0 radical (unpaired) electrons. The number of hydrogen-bond donors (Lipinski definition) is 2. The third kappa shape index (κ3) is 6.86. The van der Waals surface area contributed by atoms with Crippen molar-refractivity contribution in [1.29, 1.82) is 0 Å². The Morgan fingerprint density at radius 2 is 1.97 bits per heavy atom. The number of rotatable bonds is 8. The van der Waals surface area contributed by atoms with E-state index in [1.807, 2.05) is 54.9 Å². The highest BCUT2D eigenvalue weighted by Gasteiger charge is 2.27. The molecule has 0 unspecified atom stereocenters. The second-order valence-electron chi connectivity index (χ2n) is 7.33. The summed E-state index contributed by atoms with van der Waals surface area (Å²) in [7, 11) is 0.516. The van der Waals surface area contributed by atoms with Gasteiger partial charge in [-0.25, -0.2) is 18.1 Å². The highest BCUT2D eigenvalue weighted by molar-refractivity contribution is 14.0. The summed E-state index contributed by atoms with van der Waals surface area (Å²) in [4.78, 5) is 7.02. The normalized spacial score (nSPS) is 14.3. The van der Waals surface area contributed by atoms with E-state index in [1.54, 1.807) is 12.1 Å². The highest BCUT2D eigenvalue weighted by Crippen LogP contribution is 2.22. The SMILES string of the molecule is CCNC(=NCc1ccc(S(=O)(=O)NC2CC2)cc1)N(C)Cc1cc(Cl)cn1C.I. The number of sulfonamides is 1. The van der Waals surface area contributed by atoms with E-state index in [1.165, 1.54) is 0 Å². The molecule has 2 N–H and O–H groups in total. The van der Waals surface area contributed by atoms with Crippen LogP contribution in [0, 0.1) is 0 Å². The lowest BCUT2D eigenvalue weighted by atomic mass is 10.2. The Morgan fingerprint density at radius 3 is 2.50 bits per heavy atom. The van der Waals surface area contributed by atoms with E-state index >= 15 is 0 Å². The van der Waals surface area contributed by atoms with Gasteiger partial charge >= 0.3 is 0 Å². The number of halogens is 2. The van der Waals surface area contributed by atoms with Crippen LogP contribution in [-0.2, 0) is 30.2 Å².